The van der Waals surface area contributed by atoms with Crippen molar-refractivity contribution in [3.05, 3.63) is 59.9 Å². The molecule has 1 aromatic heterocycles. The molecule has 0 saturated carbocycles. The van der Waals surface area contributed by atoms with Crippen molar-refractivity contribution in [3.63, 3.8) is 0 Å². The maximum atomic E-state index is 11.9. The Morgan fingerprint density at radius 1 is 1.22 bits per heavy atom. The van der Waals surface area contributed by atoms with E-state index in [1.165, 1.54) is 12.3 Å². The maximum Gasteiger partial charge on any atom is 0.242 e. The molecular weight excluding hydrogens is 248 g/mol. The predicted molar refractivity (Wildman–Crippen MR) is 69.4 cm³/mol. The number of hydrogen-bond donors (Lipinski definition) is 1. The van der Waals surface area contributed by atoms with Crippen LogP contribution in [-0.2, 0) is 16.6 Å². The van der Waals surface area contributed by atoms with E-state index in [1.807, 2.05) is 31.2 Å². The SMILES string of the molecule is Cc1cccc(CNS(=O)(=O)c2cccnc2)c1. The molecule has 0 atom stereocenters. The first-order valence-electron chi connectivity index (χ1n) is 5.53. The van der Waals surface area contributed by atoms with Crippen molar-refractivity contribution in [2.75, 3.05) is 0 Å². The summed E-state index contributed by atoms with van der Waals surface area (Å²) in [7, 11) is -3.48. The van der Waals surface area contributed by atoms with Gasteiger partial charge in [-0.2, -0.15) is 0 Å². The summed E-state index contributed by atoms with van der Waals surface area (Å²) in [6, 6.07) is 10.8. The van der Waals surface area contributed by atoms with E-state index in [0.29, 0.717) is 0 Å². The van der Waals surface area contributed by atoms with Gasteiger partial charge in [-0.05, 0) is 24.6 Å². The molecule has 4 nitrogen and oxygen atoms in total. The maximum absolute atomic E-state index is 11.9. The Hall–Kier alpha value is -1.72. The molecule has 0 fully saturated rings. The molecule has 0 spiro atoms. The number of sulfonamides is 1. The van der Waals surface area contributed by atoms with Crippen LogP contribution >= 0.6 is 0 Å². The lowest BCUT2D eigenvalue weighted by Crippen LogP contribution is -2.23. The Kier molecular flexibility index (Phi) is 3.74. The molecule has 0 amide bonds. The number of pyridine rings is 1. The summed E-state index contributed by atoms with van der Waals surface area (Å²) in [6.45, 7) is 2.25. The van der Waals surface area contributed by atoms with Gasteiger partial charge in [0.15, 0.2) is 0 Å². The average molecular weight is 262 g/mol. The van der Waals surface area contributed by atoms with E-state index in [4.69, 9.17) is 0 Å². The van der Waals surface area contributed by atoms with Gasteiger partial charge in [0.25, 0.3) is 0 Å². The highest BCUT2D eigenvalue weighted by molar-refractivity contribution is 7.89. The topological polar surface area (TPSA) is 59.1 Å². The quantitative estimate of drug-likeness (QED) is 0.915. The standard InChI is InChI=1S/C13H14N2O2S/c1-11-4-2-5-12(8-11)9-15-18(16,17)13-6-3-7-14-10-13/h2-8,10,15H,9H2,1H3. The molecule has 0 aliphatic carbocycles. The number of aromatic nitrogens is 1. The lowest BCUT2D eigenvalue weighted by Gasteiger charge is -2.06. The summed E-state index contributed by atoms with van der Waals surface area (Å²) < 4.78 is 26.4. The first-order valence-corrected chi connectivity index (χ1v) is 7.01. The molecule has 5 heteroatoms. The molecule has 0 unspecified atom stereocenters. The zero-order valence-electron chi connectivity index (χ0n) is 10.00. The second kappa shape index (κ2) is 5.29. The highest BCUT2D eigenvalue weighted by Crippen LogP contribution is 2.08. The molecule has 94 valence electrons. The number of rotatable bonds is 4. The van der Waals surface area contributed by atoms with E-state index in [9.17, 15) is 8.42 Å². The lowest BCUT2D eigenvalue weighted by molar-refractivity contribution is 0.581. The summed E-state index contributed by atoms with van der Waals surface area (Å²) >= 11 is 0. The number of benzene rings is 1. The van der Waals surface area contributed by atoms with Gasteiger partial charge in [0, 0.05) is 18.9 Å². The van der Waals surface area contributed by atoms with Crippen LogP contribution in [0, 0.1) is 6.92 Å². The van der Waals surface area contributed by atoms with Crippen LogP contribution in [-0.4, -0.2) is 13.4 Å². The van der Waals surface area contributed by atoms with E-state index >= 15 is 0 Å². The van der Waals surface area contributed by atoms with Gasteiger partial charge < -0.3 is 0 Å². The average Bonchev–Trinajstić information content (AvgIpc) is 2.38. The molecule has 2 aromatic rings. The Morgan fingerprint density at radius 3 is 2.72 bits per heavy atom. The molecule has 1 N–H and O–H groups in total. The molecule has 0 aliphatic rings. The number of aryl methyl sites for hydroxylation is 1. The second-order valence-corrected chi connectivity index (χ2v) is 5.77. The van der Waals surface area contributed by atoms with Crippen LogP contribution in [0.3, 0.4) is 0 Å². The molecule has 0 aliphatic heterocycles. The molecule has 2 rings (SSSR count). The zero-order valence-corrected chi connectivity index (χ0v) is 10.8. The summed E-state index contributed by atoms with van der Waals surface area (Å²) in [5, 5.41) is 0. The third-order valence-corrected chi connectivity index (χ3v) is 3.88. The van der Waals surface area contributed by atoms with Crippen molar-refractivity contribution in [2.45, 2.75) is 18.4 Å². The minimum Gasteiger partial charge on any atom is -0.263 e. The van der Waals surface area contributed by atoms with Gasteiger partial charge in [-0.15, -0.1) is 0 Å². The van der Waals surface area contributed by atoms with Crippen molar-refractivity contribution in [1.29, 1.82) is 0 Å². The Morgan fingerprint density at radius 2 is 2.06 bits per heavy atom. The normalized spacial score (nSPS) is 11.4. The number of nitrogens with zero attached hydrogens (tertiary/aromatic N) is 1. The fourth-order valence-electron chi connectivity index (χ4n) is 1.59. The molecule has 0 bridgehead atoms. The van der Waals surface area contributed by atoms with Crippen molar-refractivity contribution in [1.82, 2.24) is 9.71 Å². The van der Waals surface area contributed by atoms with Crippen LogP contribution in [0.15, 0.2) is 53.7 Å². The van der Waals surface area contributed by atoms with E-state index < -0.39 is 10.0 Å². The van der Waals surface area contributed by atoms with Crippen molar-refractivity contribution >= 4 is 10.0 Å². The minimum absolute atomic E-state index is 0.178. The monoisotopic (exact) mass is 262 g/mol. The van der Waals surface area contributed by atoms with Crippen LogP contribution in [0.2, 0.25) is 0 Å². The lowest BCUT2D eigenvalue weighted by atomic mass is 10.1. The van der Waals surface area contributed by atoms with Crippen LogP contribution in [0.4, 0.5) is 0 Å². The van der Waals surface area contributed by atoms with Crippen molar-refractivity contribution in [3.8, 4) is 0 Å². The molecule has 1 aromatic carbocycles. The fraction of sp³-hybridized carbons (Fsp3) is 0.154. The Labute approximate surface area is 107 Å². The van der Waals surface area contributed by atoms with Crippen LogP contribution in [0.1, 0.15) is 11.1 Å². The van der Waals surface area contributed by atoms with Crippen molar-refractivity contribution < 1.29 is 8.42 Å². The van der Waals surface area contributed by atoms with E-state index in [2.05, 4.69) is 9.71 Å². The first-order chi connectivity index (χ1) is 8.58. The number of hydrogen-bond acceptors (Lipinski definition) is 3. The van der Waals surface area contributed by atoms with E-state index in [1.54, 1.807) is 12.3 Å². The fourth-order valence-corrected chi connectivity index (χ4v) is 2.57. The van der Waals surface area contributed by atoms with Gasteiger partial charge in [0.2, 0.25) is 10.0 Å². The molecule has 0 radical (unpaired) electrons. The first kappa shape index (κ1) is 12.7. The highest BCUT2D eigenvalue weighted by atomic mass is 32.2. The summed E-state index contributed by atoms with van der Waals surface area (Å²) in [4.78, 5) is 3.98. The van der Waals surface area contributed by atoms with Gasteiger partial charge in [0.05, 0.1) is 0 Å². The zero-order chi connectivity index (χ0) is 13.0. The molecular formula is C13H14N2O2S. The Bertz CT molecular complexity index is 624. The summed E-state index contributed by atoms with van der Waals surface area (Å²) in [5.74, 6) is 0. The summed E-state index contributed by atoms with van der Waals surface area (Å²) in [6.07, 6.45) is 2.87. The number of nitrogens with one attached hydrogen (secondary N) is 1. The summed E-state index contributed by atoms with van der Waals surface area (Å²) in [5.41, 5.74) is 2.04. The van der Waals surface area contributed by atoms with E-state index in [0.717, 1.165) is 11.1 Å². The van der Waals surface area contributed by atoms with Crippen LogP contribution in [0.5, 0.6) is 0 Å². The van der Waals surface area contributed by atoms with Gasteiger partial charge in [-0.1, -0.05) is 29.8 Å². The molecule has 0 saturated heterocycles. The molecule has 1 heterocycles. The third-order valence-electron chi connectivity index (χ3n) is 2.49. The highest BCUT2D eigenvalue weighted by Gasteiger charge is 2.13. The predicted octanol–water partition coefficient (Wildman–Crippen LogP) is 1.87. The van der Waals surface area contributed by atoms with Gasteiger partial charge in [0.1, 0.15) is 4.90 Å². The smallest absolute Gasteiger partial charge is 0.242 e. The largest absolute Gasteiger partial charge is 0.263 e. The third kappa shape index (κ3) is 3.15. The van der Waals surface area contributed by atoms with Gasteiger partial charge in [-0.3, -0.25) is 4.98 Å². The second-order valence-electron chi connectivity index (χ2n) is 4.00. The van der Waals surface area contributed by atoms with Gasteiger partial charge >= 0.3 is 0 Å². The van der Waals surface area contributed by atoms with Crippen LogP contribution in [0.25, 0.3) is 0 Å². The Balaban J connectivity index is 2.11. The molecule has 18 heavy (non-hydrogen) atoms. The van der Waals surface area contributed by atoms with Crippen LogP contribution < -0.4 is 4.72 Å². The van der Waals surface area contributed by atoms with E-state index in [-0.39, 0.29) is 11.4 Å². The van der Waals surface area contributed by atoms with Crippen molar-refractivity contribution in [2.24, 2.45) is 0 Å². The van der Waals surface area contributed by atoms with Gasteiger partial charge in [-0.25, -0.2) is 13.1 Å². The minimum atomic E-state index is -3.48.